The van der Waals surface area contributed by atoms with Gasteiger partial charge in [-0.05, 0) is 19.9 Å². The highest BCUT2D eigenvalue weighted by Gasteiger charge is 2.46. The van der Waals surface area contributed by atoms with E-state index < -0.39 is 0 Å². The number of methoxy groups -OCH3 is 1. The first-order valence-electron chi connectivity index (χ1n) is 4.94. The highest BCUT2D eigenvalue weighted by molar-refractivity contribution is 5.89. The maximum Gasteiger partial charge on any atom is 0.358 e. The topological polar surface area (TPSA) is 56.2 Å². The fraction of sp³-hybridized carbons (Fsp3) is 0.600. The van der Waals surface area contributed by atoms with Crippen LogP contribution in [0.25, 0.3) is 0 Å². The predicted molar refractivity (Wildman–Crippen MR) is 54.5 cm³/mol. The van der Waals surface area contributed by atoms with Crippen LogP contribution in [0, 0.1) is 0 Å². The molecule has 5 heteroatoms. The van der Waals surface area contributed by atoms with Crippen LogP contribution in [0.5, 0.6) is 0 Å². The van der Waals surface area contributed by atoms with Crippen molar-refractivity contribution in [2.45, 2.75) is 18.4 Å². The largest absolute Gasteiger partial charge is 0.464 e. The van der Waals surface area contributed by atoms with Gasteiger partial charge in [0.25, 0.3) is 0 Å². The number of carbonyl (C=O) groups is 1. The van der Waals surface area contributed by atoms with E-state index in [9.17, 15) is 4.79 Å². The SMILES string of the molecule is CNC1(c2cn(C)nc2C(=O)OC)CC1. The molecule has 0 aromatic carbocycles. The lowest BCUT2D eigenvalue weighted by atomic mass is 10.1. The van der Waals surface area contributed by atoms with E-state index in [0.29, 0.717) is 5.69 Å². The summed E-state index contributed by atoms with van der Waals surface area (Å²) in [5.41, 5.74) is 1.31. The van der Waals surface area contributed by atoms with Crippen LogP contribution in [0.1, 0.15) is 28.9 Å². The molecule has 15 heavy (non-hydrogen) atoms. The molecule has 2 rings (SSSR count). The molecular weight excluding hydrogens is 194 g/mol. The Morgan fingerprint density at radius 3 is 2.80 bits per heavy atom. The van der Waals surface area contributed by atoms with E-state index in [1.165, 1.54) is 7.11 Å². The molecule has 1 aliphatic rings. The van der Waals surface area contributed by atoms with Crippen LogP contribution in [-0.4, -0.2) is 29.9 Å². The monoisotopic (exact) mass is 209 g/mol. The zero-order valence-corrected chi connectivity index (χ0v) is 9.20. The number of hydrogen-bond donors (Lipinski definition) is 1. The minimum absolute atomic E-state index is 0.0578. The number of aryl methyl sites for hydroxylation is 1. The van der Waals surface area contributed by atoms with Crippen molar-refractivity contribution < 1.29 is 9.53 Å². The first-order chi connectivity index (χ1) is 7.13. The van der Waals surface area contributed by atoms with Gasteiger partial charge in [-0.3, -0.25) is 4.68 Å². The first-order valence-corrected chi connectivity index (χ1v) is 4.94. The van der Waals surface area contributed by atoms with Gasteiger partial charge in [0.15, 0.2) is 5.69 Å². The summed E-state index contributed by atoms with van der Waals surface area (Å²) in [6.45, 7) is 0. The molecule has 1 heterocycles. The van der Waals surface area contributed by atoms with Crippen LogP contribution in [0.4, 0.5) is 0 Å². The van der Waals surface area contributed by atoms with Crippen molar-refractivity contribution in [1.29, 1.82) is 0 Å². The van der Waals surface area contributed by atoms with Crippen molar-refractivity contribution in [3.63, 3.8) is 0 Å². The summed E-state index contributed by atoms with van der Waals surface area (Å²) in [7, 11) is 5.09. The molecule has 1 fully saturated rings. The standard InChI is InChI=1S/C10H15N3O2/c1-11-10(4-5-10)7-6-13(2)12-8(7)9(14)15-3/h6,11H,4-5H2,1-3H3. The van der Waals surface area contributed by atoms with Crippen molar-refractivity contribution in [3.8, 4) is 0 Å². The van der Waals surface area contributed by atoms with Crippen LogP contribution < -0.4 is 5.32 Å². The fourth-order valence-corrected chi connectivity index (χ4v) is 1.87. The average Bonchev–Trinajstić information content (AvgIpc) is 2.95. The number of nitrogens with zero attached hydrogens (tertiary/aromatic N) is 2. The molecule has 82 valence electrons. The molecule has 1 aliphatic carbocycles. The van der Waals surface area contributed by atoms with Crippen molar-refractivity contribution in [2.75, 3.05) is 14.2 Å². The van der Waals surface area contributed by atoms with Crippen molar-refractivity contribution in [1.82, 2.24) is 15.1 Å². The Bertz CT molecular complexity index is 393. The number of esters is 1. The van der Waals surface area contributed by atoms with E-state index in [4.69, 9.17) is 4.74 Å². The van der Waals surface area contributed by atoms with Crippen molar-refractivity contribution in [2.24, 2.45) is 7.05 Å². The van der Waals surface area contributed by atoms with Gasteiger partial charge in [0.1, 0.15) is 0 Å². The summed E-state index contributed by atoms with van der Waals surface area (Å²) >= 11 is 0. The number of hydrogen-bond acceptors (Lipinski definition) is 4. The van der Waals surface area contributed by atoms with E-state index in [2.05, 4.69) is 10.4 Å². The Morgan fingerprint density at radius 1 is 1.67 bits per heavy atom. The number of ether oxygens (including phenoxy) is 1. The van der Waals surface area contributed by atoms with Gasteiger partial charge in [-0.1, -0.05) is 0 Å². The highest BCUT2D eigenvalue weighted by atomic mass is 16.5. The van der Waals surface area contributed by atoms with Gasteiger partial charge >= 0.3 is 5.97 Å². The maximum absolute atomic E-state index is 11.5. The Labute approximate surface area is 88.4 Å². The number of nitrogens with one attached hydrogen (secondary N) is 1. The molecule has 0 radical (unpaired) electrons. The van der Waals surface area contributed by atoms with E-state index >= 15 is 0 Å². The van der Waals surface area contributed by atoms with Gasteiger partial charge in [-0.15, -0.1) is 0 Å². The molecule has 0 unspecified atom stereocenters. The Balaban J connectivity index is 2.42. The lowest BCUT2D eigenvalue weighted by Crippen LogP contribution is -2.26. The Hall–Kier alpha value is -1.36. The maximum atomic E-state index is 11.5. The van der Waals surface area contributed by atoms with Gasteiger partial charge in [-0.25, -0.2) is 4.79 Å². The summed E-state index contributed by atoms with van der Waals surface area (Å²) in [6.07, 6.45) is 3.97. The lowest BCUT2D eigenvalue weighted by Gasteiger charge is -2.12. The minimum atomic E-state index is -0.368. The number of carbonyl (C=O) groups excluding carboxylic acids is 1. The molecular formula is C10H15N3O2. The van der Waals surface area contributed by atoms with E-state index in [1.807, 2.05) is 20.3 Å². The summed E-state index contributed by atoms with van der Waals surface area (Å²) < 4.78 is 6.37. The molecule has 0 amide bonds. The third-order valence-corrected chi connectivity index (χ3v) is 2.95. The molecule has 0 aliphatic heterocycles. The quantitative estimate of drug-likeness (QED) is 0.733. The van der Waals surface area contributed by atoms with Gasteiger partial charge in [0.05, 0.1) is 7.11 Å². The summed E-state index contributed by atoms with van der Waals surface area (Å²) in [4.78, 5) is 11.5. The van der Waals surface area contributed by atoms with Gasteiger partial charge in [0.2, 0.25) is 0 Å². The van der Waals surface area contributed by atoms with Gasteiger partial charge in [-0.2, -0.15) is 5.10 Å². The molecule has 0 saturated heterocycles. The molecule has 0 atom stereocenters. The summed E-state index contributed by atoms with van der Waals surface area (Å²) in [5, 5.41) is 7.38. The summed E-state index contributed by atoms with van der Waals surface area (Å²) in [5.74, 6) is -0.368. The fourth-order valence-electron chi connectivity index (χ4n) is 1.87. The van der Waals surface area contributed by atoms with Crippen LogP contribution in [0.2, 0.25) is 0 Å². The van der Waals surface area contributed by atoms with E-state index in [0.717, 1.165) is 18.4 Å². The second kappa shape index (κ2) is 3.34. The van der Waals surface area contributed by atoms with Crippen LogP contribution in [0.15, 0.2) is 6.20 Å². The van der Waals surface area contributed by atoms with Crippen LogP contribution in [0.3, 0.4) is 0 Å². The van der Waals surface area contributed by atoms with E-state index in [-0.39, 0.29) is 11.5 Å². The van der Waals surface area contributed by atoms with Crippen molar-refractivity contribution in [3.05, 3.63) is 17.5 Å². The predicted octanol–water partition coefficient (Wildman–Crippen LogP) is 0.415. The lowest BCUT2D eigenvalue weighted by molar-refractivity contribution is 0.0590. The molecule has 0 bridgehead atoms. The normalized spacial score (nSPS) is 17.5. The molecule has 5 nitrogen and oxygen atoms in total. The Morgan fingerprint density at radius 2 is 2.33 bits per heavy atom. The molecule has 1 aromatic rings. The smallest absolute Gasteiger partial charge is 0.358 e. The third-order valence-electron chi connectivity index (χ3n) is 2.95. The second-order valence-electron chi connectivity index (χ2n) is 3.89. The molecule has 1 N–H and O–H groups in total. The minimum Gasteiger partial charge on any atom is -0.464 e. The Kier molecular flexibility index (Phi) is 2.26. The molecule has 0 spiro atoms. The average molecular weight is 209 g/mol. The zero-order valence-electron chi connectivity index (χ0n) is 9.20. The first kappa shape index (κ1) is 10.2. The second-order valence-corrected chi connectivity index (χ2v) is 3.89. The van der Waals surface area contributed by atoms with Gasteiger partial charge < -0.3 is 10.1 Å². The van der Waals surface area contributed by atoms with Crippen LogP contribution >= 0.6 is 0 Å². The van der Waals surface area contributed by atoms with Crippen molar-refractivity contribution >= 4 is 5.97 Å². The zero-order chi connectivity index (χ0) is 11.1. The third kappa shape index (κ3) is 1.52. The van der Waals surface area contributed by atoms with Crippen LogP contribution in [-0.2, 0) is 17.3 Å². The van der Waals surface area contributed by atoms with E-state index in [1.54, 1.807) is 4.68 Å². The molecule has 1 aromatic heterocycles. The highest BCUT2D eigenvalue weighted by Crippen LogP contribution is 2.46. The van der Waals surface area contributed by atoms with Gasteiger partial charge in [0, 0.05) is 24.3 Å². The number of aromatic nitrogens is 2. The molecule has 1 saturated carbocycles. The summed E-state index contributed by atoms with van der Waals surface area (Å²) in [6, 6.07) is 0. The number of rotatable bonds is 3.